The maximum absolute atomic E-state index is 12.1. The van der Waals surface area contributed by atoms with Crippen LogP contribution in [0.5, 0.6) is 5.75 Å². The topological polar surface area (TPSA) is 55.9 Å². The van der Waals surface area contributed by atoms with Crippen molar-refractivity contribution in [2.45, 2.75) is 6.04 Å². The molecule has 2 N–H and O–H groups in total. The standard InChI is InChI=1S/C20H22N2O3/c1-22(2)18(19-8-5-11-24-19)13-21-20(23)14-25-17-10-9-15-6-3-4-7-16(15)12-17/h3-12,18H,13-14H2,1-2H3,(H,21,23)/p+1/t18-/m1/s1. The van der Waals surface area contributed by atoms with E-state index in [2.05, 4.69) is 5.32 Å². The fourth-order valence-corrected chi connectivity index (χ4v) is 2.75. The highest BCUT2D eigenvalue weighted by atomic mass is 16.5. The van der Waals surface area contributed by atoms with E-state index in [9.17, 15) is 4.79 Å². The number of rotatable bonds is 7. The second-order valence-electron chi connectivity index (χ2n) is 6.25. The Kier molecular flexibility index (Phi) is 5.36. The van der Waals surface area contributed by atoms with E-state index in [1.54, 1.807) is 6.26 Å². The van der Waals surface area contributed by atoms with Gasteiger partial charge in [0.2, 0.25) is 0 Å². The first-order valence-corrected chi connectivity index (χ1v) is 8.35. The number of nitrogens with one attached hydrogen (secondary N) is 2. The second kappa shape index (κ2) is 7.85. The highest BCUT2D eigenvalue weighted by Crippen LogP contribution is 2.20. The van der Waals surface area contributed by atoms with Gasteiger partial charge in [0.05, 0.1) is 26.9 Å². The molecule has 2 aromatic carbocycles. The van der Waals surface area contributed by atoms with Crippen LogP contribution in [0.25, 0.3) is 10.8 Å². The van der Waals surface area contributed by atoms with Gasteiger partial charge in [0.1, 0.15) is 5.75 Å². The van der Waals surface area contributed by atoms with E-state index in [4.69, 9.17) is 9.15 Å². The largest absolute Gasteiger partial charge is 0.484 e. The molecular formula is C20H23N2O3+. The third kappa shape index (κ3) is 4.39. The molecule has 0 aliphatic heterocycles. The lowest BCUT2D eigenvalue weighted by Crippen LogP contribution is -3.07. The van der Waals surface area contributed by atoms with E-state index >= 15 is 0 Å². The lowest BCUT2D eigenvalue weighted by atomic mass is 10.1. The molecule has 0 saturated heterocycles. The first kappa shape index (κ1) is 17.0. The summed E-state index contributed by atoms with van der Waals surface area (Å²) in [7, 11) is 4.07. The molecule has 0 spiro atoms. The molecule has 25 heavy (non-hydrogen) atoms. The van der Waals surface area contributed by atoms with Gasteiger partial charge in [0.25, 0.3) is 5.91 Å². The number of furan rings is 1. The molecule has 5 nitrogen and oxygen atoms in total. The minimum absolute atomic E-state index is 0.00796. The van der Waals surface area contributed by atoms with Crippen LogP contribution < -0.4 is 15.0 Å². The van der Waals surface area contributed by atoms with Crippen LogP contribution in [0.1, 0.15) is 11.8 Å². The molecule has 0 radical (unpaired) electrons. The van der Waals surface area contributed by atoms with Crippen molar-refractivity contribution >= 4 is 16.7 Å². The van der Waals surface area contributed by atoms with Crippen molar-refractivity contribution in [3.05, 3.63) is 66.6 Å². The Labute approximate surface area is 147 Å². The molecule has 1 atom stereocenters. The number of hydrogen-bond acceptors (Lipinski definition) is 3. The lowest BCUT2D eigenvalue weighted by Gasteiger charge is -2.19. The van der Waals surface area contributed by atoms with Crippen molar-refractivity contribution in [3.63, 3.8) is 0 Å². The average Bonchev–Trinajstić information content (AvgIpc) is 3.14. The van der Waals surface area contributed by atoms with Crippen LogP contribution in [0.2, 0.25) is 0 Å². The molecular weight excluding hydrogens is 316 g/mol. The Balaban J connectivity index is 1.53. The summed E-state index contributed by atoms with van der Waals surface area (Å²) in [5, 5.41) is 5.15. The van der Waals surface area contributed by atoms with Crippen molar-refractivity contribution in [3.8, 4) is 5.75 Å². The molecule has 3 aromatic rings. The first-order valence-electron chi connectivity index (χ1n) is 8.35. The molecule has 0 unspecified atom stereocenters. The van der Waals surface area contributed by atoms with E-state index in [1.807, 2.05) is 68.7 Å². The summed E-state index contributed by atoms with van der Waals surface area (Å²) in [6.07, 6.45) is 1.65. The van der Waals surface area contributed by atoms with E-state index in [0.29, 0.717) is 12.3 Å². The molecule has 0 bridgehead atoms. The molecule has 1 aromatic heterocycles. The Morgan fingerprint density at radius 3 is 2.64 bits per heavy atom. The zero-order valence-electron chi connectivity index (χ0n) is 14.5. The van der Waals surface area contributed by atoms with Crippen LogP contribution >= 0.6 is 0 Å². The summed E-state index contributed by atoms with van der Waals surface area (Å²) in [5.74, 6) is 1.40. The number of likely N-dealkylation sites (N-methyl/N-ethyl adjacent to an activating group) is 1. The minimum Gasteiger partial charge on any atom is -0.484 e. The predicted molar refractivity (Wildman–Crippen MR) is 96.7 cm³/mol. The molecule has 0 fully saturated rings. The Hall–Kier alpha value is -2.79. The van der Waals surface area contributed by atoms with Crippen LogP contribution in [-0.2, 0) is 4.79 Å². The van der Waals surface area contributed by atoms with Gasteiger partial charge in [-0.05, 0) is 35.0 Å². The summed E-state index contributed by atoms with van der Waals surface area (Å²) in [5.41, 5.74) is 0. The van der Waals surface area contributed by atoms with Crippen LogP contribution in [-0.4, -0.2) is 33.2 Å². The zero-order valence-corrected chi connectivity index (χ0v) is 14.5. The first-order chi connectivity index (χ1) is 12.1. The summed E-state index contributed by atoms with van der Waals surface area (Å²) >= 11 is 0. The zero-order chi connectivity index (χ0) is 17.6. The van der Waals surface area contributed by atoms with Crippen LogP contribution in [0, 0.1) is 0 Å². The molecule has 0 aliphatic carbocycles. The molecule has 0 aliphatic rings. The SMILES string of the molecule is C[NH+](C)[C@H](CNC(=O)COc1ccc2ccccc2c1)c1ccco1. The smallest absolute Gasteiger partial charge is 0.258 e. The monoisotopic (exact) mass is 339 g/mol. The molecule has 5 heteroatoms. The summed E-state index contributed by atoms with van der Waals surface area (Å²) in [4.78, 5) is 13.3. The number of benzene rings is 2. The van der Waals surface area contributed by atoms with Gasteiger partial charge >= 0.3 is 0 Å². The van der Waals surface area contributed by atoms with Gasteiger partial charge in [-0.2, -0.15) is 0 Å². The van der Waals surface area contributed by atoms with Crippen molar-refractivity contribution in [2.75, 3.05) is 27.2 Å². The number of carbonyl (C=O) groups is 1. The fourth-order valence-electron chi connectivity index (χ4n) is 2.75. The van der Waals surface area contributed by atoms with Crippen LogP contribution in [0.4, 0.5) is 0 Å². The third-order valence-corrected chi connectivity index (χ3v) is 4.18. The molecule has 3 rings (SSSR count). The minimum atomic E-state index is -0.147. The van der Waals surface area contributed by atoms with Gasteiger partial charge in [-0.25, -0.2) is 0 Å². The van der Waals surface area contributed by atoms with Gasteiger partial charge in [0.15, 0.2) is 18.4 Å². The number of amides is 1. The van der Waals surface area contributed by atoms with Gasteiger partial charge in [-0.3, -0.25) is 4.79 Å². The highest BCUT2D eigenvalue weighted by molar-refractivity contribution is 5.84. The lowest BCUT2D eigenvalue weighted by molar-refractivity contribution is -0.891. The molecule has 130 valence electrons. The number of ether oxygens (including phenoxy) is 1. The highest BCUT2D eigenvalue weighted by Gasteiger charge is 2.21. The predicted octanol–water partition coefficient (Wildman–Crippen LogP) is 1.81. The van der Waals surface area contributed by atoms with E-state index < -0.39 is 0 Å². The van der Waals surface area contributed by atoms with E-state index in [1.165, 1.54) is 4.90 Å². The Morgan fingerprint density at radius 2 is 1.92 bits per heavy atom. The van der Waals surface area contributed by atoms with E-state index in [-0.39, 0.29) is 18.6 Å². The van der Waals surface area contributed by atoms with Gasteiger partial charge in [-0.15, -0.1) is 0 Å². The molecule has 0 saturated carbocycles. The van der Waals surface area contributed by atoms with Gasteiger partial charge in [-0.1, -0.05) is 30.3 Å². The third-order valence-electron chi connectivity index (χ3n) is 4.18. The quantitative estimate of drug-likeness (QED) is 0.690. The molecule has 1 amide bonds. The van der Waals surface area contributed by atoms with Crippen molar-refractivity contribution in [1.29, 1.82) is 0 Å². The normalized spacial score (nSPS) is 12.3. The summed E-state index contributed by atoms with van der Waals surface area (Å²) in [6, 6.07) is 17.7. The number of quaternary nitrogens is 1. The summed E-state index contributed by atoms with van der Waals surface area (Å²) in [6.45, 7) is 0.488. The number of carbonyl (C=O) groups excluding carboxylic acids is 1. The Bertz CT molecular complexity index is 828. The number of fused-ring (bicyclic) bond motifs is 1. The van der Waals surface area contributed by atoms with Crippen molar-refractivity contribution < 1.29 is 18.8 Å². The van der Waals surface area contributed by atoms with Crippen molar-refractivity contribution in [2.24, 2.45) is 0 Å². The maximum Gasteiger partial charge on any atom is 0.258 e. The second-order valence-corrected chi connectivity index (χ2v) is 6.25. The van der Waals surface area contributed by atoms with Gasteiger partial charge in [0, 0.05) is 0 Å². The fraction of sp³-hybridized carbons (Fsp3) is 0.250. The van der Waals surface area contributed by atoms with Crippen molar-refractivity contribution in [1.82, 2.24) is 5.32 Å². The maximum atomic E-state index is 12.1. The van der Waals surface area contributed by atoms with Gasteiger partial charge < -0.3 is 19.4 Å². The Morgan fingerprint density at radius 1 is 1.12 bits per heavy atom. The average molecular weight is 339 g/mol. The summed E-state index contributed by atoms with van der Waals surface area (Å²) < 4.78 is 11.1. The van der Waals surface area contributed by atoms with Crippen LogP contribution in [0.3, 0.4) is 0 Å². The number of hydrogen-bond donors (Lipinski definition) is 2. The van der Waals surface area contributed by atoms with Crippen LogP contribution in [0.15, 0.2) is 65.3 Å². The van der Waals surface area contributed by atoms with E-state index in [0.717, 1.165) is 16.5 Å². The molecule has 1 heterocycles.